The Morgan fingerprint density at radius 2 is 1.79 bits per heavy atom. The molecule has 0 saturated carbocycles. The SMILES string of the molecule is Cc1cc(C)nc(Nc2cc(C)nc([C@H]3CCCN3CCO)n2)n1. The molecule has 0 radical (unpaired) electrons. The van der Waals surface area contributed by atoms with Gasteiger partial charge in [-0.2, -0.15) is 0 Å². The van der Waals surface area contributed by atoms with Gasteiger partial charge in [0.15, 0.2) is 0 Å². The molecule has 3 rings (SSSR count). The number of anilines is 2. The van der Waals surface area contributed by atoms with Crippen molar-refractivity contribution < 1.29 is 5.11 Å². The van der Waals surface area contributed by atoms with Crippen LogP contribution in [0.5, 0.6) is 0 Å². The predicted octanol–water partition coefficient (Wildman–Crippen LogP) is 2.06. The number of aliphatic hydroxyl groups is 1. The smallest absolute Gasteiger partial charge is 0.228 e. The molecule has 0 amide bonds. The van der Waals surface area contributed by atoms with Crippen molar-refractivity contribution in [1.82, 2.24) is 24.8 Å². The molecule has 2 aromatic rings. The van der Waals surface area contributed by atoms with Crippen molar-refractivity contribution in [2.24, 2.45) is 0 Å². The third kappa shape index (κ3) is 3.85. The van der Waals surface area contributed by atoms with Crippen molar-refractivity contribution in [1.29, 1.82) is 0 Å². The minimum atomic E-state index is 0.157. The van der Waals surface area contributed by atoms with Crippen LogP contribution >= 0.6 is 0 Å². The average Bonchev–Trinajstić information content (AvgIpc) is 2.94. The van der Waals surface area contributed by atoms with Gasteiger partial charge >= 0.3 is 0 Å². The molecule has 7 heteroatoms. The van der Waals surface area contributed by atoms with Crippen LogP contribution in [0.4, 0.5) is 11.8 Å². The molecule has 0 unspecified atom stereocenters. The van der Waals surface area contributed by atoms with Gasteiger partial charge in [-0.25, -0.2) is 19.9 Å². The molecule has 2 aromatic heterocycles. The largest absolute Gasteiger partial charge is 0.395 e. The van der Waals surface area contributed by atoms with Gasteiger partial charge in [0.05, 0.1) is 12.6 Å². The van der Waals surface area contributed by atoms with Crippen molar-refractivity contribution >= 4 is 11.8 Å². The molecule has 128 valence electrons. The molecule has 1 aliphatic rings. The summed E-state index contributed by atoms with van der Waals surface area (Å²) in [6.45, 7) is 7.65. The lowest BCUT2D eigenvalue weighted by atomic mass is 10.2. The highest BCUT2D eigenvalue weighted by atomic mass is 16.3. The van der Waals surface area contributed by atoms with Crippen LogP contribution in [0.25, 0.3) is 0 Å². The molecular weight excluding hydrogens is 304 g/mol. The Morgan fingerprint density at radius 1 is 1.08 bits per heavy atom. The third-order valence-electron chi connectivity index (χ3n) is 4.14. The minimum absolute atomic E-state index is 0.157. The van der Waals surface area contributed by atoms with Crippen LogP contribution in [-0.2, 0) is 0 Å². The van der Waals surface area contributed by atoms with E-state index in [1.165, 1.54) is 0 Å². The predicted molar refractivity (Wildman–Crippen MR) is 92.2 cm³/mol. The summed E-state index contributed by atoms with van der Waals surface area (Å²) < 4.78 is 0. The summed E-state index contributed by atoms with van der Waals surface area (Å²) in [5.41, 5.74) is 2.74. The molecule has 1 saturated heterocycles. The molecule has 0 aromatic carbocycles. The van der Waals surface area contributed by atoms with Crippen molar-refractivity contribution in [3.05, 3.63) is 35.0 Å². The second-order valence-corrected chi connectivity index (χ2v) is 6.27. The zero-order chi connectivity index (χ0) is 17.1. The Labute approximate surface area is 142 Å². The van der Waals surface area contributed by atoms with Gasteiger partial charge in [0.25, 0.3) is 0 Å². The number of nitrogens with one attached hydrogen (secondary N) is 1. The van der Waals surface area contributed by atoms with Gasteiger partial charge in [0.2, 0.25) is 5.95 Å². The summed E-state index contributed by atoms with van der Waals surface area (Å²) in [6, 6.07) is 4.00. The standard InChI is InChI=1S/C17H24N6O/c1-11-9-12(2)20-17(19-11)22-15-10-13(3)18-16(21-15)14-5-4-6-23(14)7-8-24/h9-10,14,24H,4-8H2,1-3H3,(H,18,19,20,21,22)/t14-/m1/s1. The van der Waals surface area contributed by atoms with Crippen LogP contribution in [0, 0.1) is 20.8 Å². The maximum atomic E-state index is 9.24. The first-order valence-electron chi connectivity index (χ1n) is 8.35. The van der Waals surface area contributed by atoms with E-state index >= 15 is 0 Å². The van der Waals surface area contributed by atoms with E-state index in [9.17, 15) is 5.11 Å². The summed E-state index contributed by atoms with van der Waals surface area (Å²) in [7, 11) is 0. The first kappa shape index (κ1) is 16.7. The molecular formula is C17H24N6O. The van der Waals surface area contributed by atoms with Gasteiger partial charge < -0.3 is 10.4 Å². The number of aryl methyl sites for hydroxylation is 3. The van der Waals surface area contributed by atoms with Crippen LogP contribution in [0.3, 0.4) is 0 Å². The van der Waals surface area contributed by atoms with Crippen molar-refractivity contribution in [2.45, 2.75) is 39.7 Å². The topological polar surface area (TPSA) is 87.1 Å². The number of hydrogen-bond donors (Lipinski definition) is 2. The van der Waals surface area contributed by atoms with Crippen molar-refractivity contribution in [3.8, 4) is 0 Å². The fraction of sp³-hybridized carbons (Fsp3) is 0.529. The molecule has 3 heterocycles. The van der Waals surface area contributed by atoms with Gasteiger partial charge in [-0.1, -0.05) is 0 Å². The molecule has 24 heavy (non-hydrogen) atoms. The van der Waals surface area contributed by atoms with Crippen molar-refractivity contribution in [3.63, 3.8) is 0 Å². The Kier molecular flexibility index (Phi) is 5.01. The summed E-state index contributed by atoms with van der Waals surface area (Å²) >= 11 is 0. The molecule has 7 nitrogen and oxygen atoms in total. The number of β-amino-alcohol motifs (C(OH)–C–C–N with tert-alkyl or cyclic N) is 1. The van der Waals surface area contributed by atoms with E-state index in [1.54, 1.807) is 0 Å². The van der Waals surface area contributed by atoms with Crippen LogP contribution in [-0.4, -0.2) is 49.6 Å². The number of nitrogens with zero attached hydrogens (tertiary/aromatic N) is 5. The lowest BCUT2D eigenvalue weighted by Crippen LogP contribution is -2.27. The van der Waals surface area contributed by atoms with E-state index in [2.05, 4.69) is 30.2 Å². The van der Waals surface area contributed by atoms with Crippen LogP contribution in [0.1, 0.15) is 41.8 Å². The normalized spacial score (nSPS) is 18.1. The summed E-state index contributed by atoms with van der Waals surface area (Å²) in [5, 5.41) is 12.4. The van der Waals surface area contributed by atoms with Gasteiger partial charge in [0.1, 0.15) is 11.6 Å². The number of aromatic nitrogens is 4. The lowest BCUT2D eigenvalue weighted by molar-refractivity contribution is 0.181. The second kappa shape index (κ2) is 7.19. The van der Waals surface area contributed by atoms with E-state index in [1.807, 2.05) is 32.9 Å². The van der Waals surface area contributed by atoms with Gasteiger partial charge in [-0.15, -0.1) is 0 Å². The fourth-order valence-corrected chi connectivity index (χ4v) is 3.22. The highest BCUT2D eigenvalue weighted by Crippen LogP contribution is 2.30. The third-order valence-corrected chi connectivity index (χ3v) is 4.14. The Balaban J connectivity index is 1.86. The molecule has 1 atom stereocenters. The van der Waals surface area contributed by atoms with E-state index < -0.39 is 0 Å². The highest BCUT2D eigenvalue weighted by Gasteiger charge is 2.28. The number of likely N-dealkylation sites (tertiary alicyclic amines) is 1. The first-order valence-corrected chi connectivity index (χ1v) is 8.35. The highest BCUT2D eigenvalue weighted by molar-refractivity contribution is 5.48. The molecule has 1 fully saturated rings. The number of rotatable bonds is 5. The Hall–Kier alpha value is -2.12. The van der Waals surface area contributed by atoms with E-state index in [-0.39, 0.29) is 12.6 Å². The van der Waals surface area contributed by atoms with E-state index in [0.29, 0.717) is 18.3 Å². The number of hydrogen-bond acceptors (Lipinski definition) is 7. The maximum Gasteiger partial charge on any atom is 0.228 e. The summed E-state index contributed by atoms with van der Waals surface area (Å²) in [6.07, 6.45) is 2.12. The molecule has 0 aliphatic carbocycles. The lowest BCUT2D eigenvalue weighted by Gasteiger charge is -2.22. The Bertz CT molecular complexity index is 700. The molecule has 2 N–H and O–H groups in total. The summed E-state index contributed by atoms with van der Waals surface area (Å²) in [4.78, 5) is 20.3. The fourth-order valence-electron chi connectivity index (χ4n) is 3.22. The van der Waals surface area contributed by atoms with Crippen LogP contribution in [0.2, 0.25) is 0 Å². The molecule has 1 aliphatic heterocycles. The van der Waals surface area contributed by atoms with Gasteiger partial charge in [0, 0.05) is 29.7 Å². The monoisotopic (exact) mass is 328 g/mol. The van der Waals surface area contributed by atoms with Crippen LogP contribution in [0.15, 0.2) is 12.1 Å². The van der Waals surface area contributed by atoms with Crippen LogP contribution < -0.4 is 5.32 Å². The minimum Gasteiger partial charge on any atom is -0.395 e. The zero-order valence-corrected chi connectivity index (χ0v) is 14.5. The van der Waals surface area contributed by atoms with Gasteiger partial charge in [-0.05, 0) is 46.2 Å². The molecule has 0 bridgehead atoms. The van der Waals surface area contributed by atoms with Gasteiger partial charge in [-0.3, -0.25) is 4.90 Å². The Morgan fingerprint density at radius 3 is 2.50 bits per heavy atom. The molecule has 0 spiro atoms. The summed E-state index contributed by atoms with van der Waals surface area (Å²) in [5.74, 6) is 2.06. The second-order valence-electron chi connectivity index (χ2n) is 6.27. The average molecular weight is 328 g/mol. The number of aliphatic hydroxyl groups excluding tert-OH is 1. The van der Waals surface area contributed by atoms with E-state index in [0.717, 1.165) is 42.3 Å². The quantitative estimate of drug-likeness (QED) is 0.868. The first-order chi connectivity index (χ1) is 11.5. The van der Waals surface area contributed by atoms with Crippen molar-refractivity contribution in [2.75, 3.05) is 25.0 Å². The zero-order valence-electron chi connectivity index (χ0n) is 14.5. The maximum absolute atomic E-state index is 9.24. The van der Waals surface area contributed by atoms with E-state index in [4.69, 9.17) is 0 Å².